The quantitative estimate of drug-likeness (QED) is 0.334. The van der Waals surface area contributed by atoms with E-state index in [1.807, 2.05) is 42.8 Å². The van der Waals surface area contributed by atoms with Crippen molar-refractivity contribution in [3.8, 4) is 16.8 Å². The summed E-state index contributed by atoms with van der Waals surface area (Å²) in [5.41, 5.74) is 7.36. The number of hydrogen-bond acceptors (Lipinski definition) is 2. The number of rotatable bonds is 2. The summed E-state index contributed by atoms with van der Waals surface area (Å²) in [5, 5.41) is 1.65. The van der Waals surface area contributed by atoms with Gasteiger partial charge in [0, 0.05) is 35.9 Å². The number of aromatic nitrogens is 4. The fourth-order valence-electron chi connectivity index (χ4n) is 3.70. The van der Waals surface area contributed by atoms with Crippen molar-refractivity contribution in [3.05, 3.63) is 89.1 Å². The molecule has 0 N–H and O–H groups in total. The molecular formula is C23H16ClN5. The molecule has 5 aromatic rings. The summed E-state index contributed by atoms with van der Waals surface area (Å²) in [7, 11) is 0. The number of benzene rings is 1. The van der Waals surface area contributed by atoms with Crippen LogP contribution >= 0.6 is 11.6 Å². The van der Waals surface area contributed by atoms with Crippen LogP contribution in [0.2, 0.25) is 5.02 Å². The second-order valence-electron chi connectivity index (χ2n) is 7.11. The summed E-state index contributed by atoms with van der Waals surface area (Å²) >= 11 is 6.63. The molecule has 0 radical (unpaired) electrons. The van der Waals surface area contributed by atoms with Crippen LogP contribution in [0.15, 0.2) is 61.6 Å². The molecule has 4 aromatic heterocycles. The third-order valence-electron chi connectivity index (χ3n) is 5.26. The molecule has 0 saturated heterocycles. The van der Waals surface area contributed by atoms with Crippen molar-refractivity contribution in [2.24, 2.45) is 0 Å². The Labute approximate surface area is 172 Å². The minimum atomic E-state index is 0.637. The van der Waals surface area contributed by atoms with Crippen molar-refractivity contribution >= 4 is 33.7 Å². The summed E-state index contributed by atoms with van der Waals surface area (Å²) in [5.74, 6) is 0. The zero-order valence-electron chi connectivity index (χ0n) is 15.9. The smallest absolute Gasteiger partial charge is 0.190 e. The molecule has 0 aliphatic heterocycles. The van der Waals surface area contributed by atoms with Gasteiger partial charge in [-0.05, 0) is 54.6 Å². The molecule has 4 heterocycles. The summed E-state index contributed by atoms with van der Waals surface area (Å²) in [6.45, 7) is 11.4. The van der Waals surface area contributed by atoms with E-state index >= 15 is 0 Å². The first-order valence-electron chi connectivity index (χ1n) is 9.12. The highest BCUT2D eigenvalue weighted by atomic mass is 35.5. The molecule has 0 bridgehead atoms. The van der Waals surface area contributed by atoms with Crippen LogP contribution in [-0.4, -0.2) is 18.9 Å². The first-order chi connectivity index (χ1) is 14.1. The highest BCUT2D eigenvalue weighted by Crippen LogP contribution is 2.39. The fraction of sp³-hybridized carbons (Fsp3) is 0.0870. The van der Waals surface area contributed by atoms with Crippen LogP contribution in [0.5, 0.6) is 0 Å². The van der Waals surface area contributed by atoms with Crippen molar-refractivity contribution in [1.82, 2.24) is 18.9 Å². The van der Waals surface area contributed by atoms with Gasteiger partial charge in [-0.2, -0.15) is 0 Å². The lowest BCUT2D eigenvalue weighted by molar-refractivity contribution is 1.06. The molecule has 0 saturated carbocycles. The molecule has 0 fully saturated rings. The lowest BCUT2D eigenvalue weighted by Gasteiger charge is -2.07. The summed E-state index contributed by atoms with van der Waals surface area (Å²) < 4.78 is 4.12. The predicted molar refractivity (Wildman–Crippen MR) is 116 cm³/mol. The van der Waals surface area contributed by atoms with Crippen molar-refractivity contribution < 1.29 is 0 Å². The Kier molecular flexibility index (Phi) is 3.90. The SMILES string of the molecule is [C-]#[N+]c1cc2c(-c3cncc(C)c3Cl)cn(-c3ccc4cncn4c3)c2cc1C. The Hall–Kier alpha value is -3.62. The molecule has 0 aliphatic carbocycles. The monoisotopic (exact) mass is 397 g/mol. The number of hydrogen-bond donors (Lipinski definition) is 0. The lowest BCUT2D eigenvalue weighted by Crippen LogP contribution is -1.94. The number of nitrogens with zero attached hydrogens (tertiary/aromatic N) is 5. The number of fused-ring (bicyclic) bond motifs is 2. The molecule has 0 amide bonds. The Balaban J connectivity index is 1.86. The van der Waals surface area contributed by atoms with Crippen molar-refractivity contribution in [2.45, 2.75) is 13.8 Å². The van der Waals surface area contributed by atoms with Gasteiger partial charge in [0.1, 0.15) is 0 Å². The summed E-state index contributed by atoms with van der Waals surface area (Å²) in [4.78, 5) is 12.2. The molecule has 140 valence electrons. The first-order valence-corrected chi connectivity index (χ1v) is 9.50. The number of imidazole rings is 1. The zero-order chi connectivity index (χ0) is 20.1. The van der Waals surface area contributed by atoms with Gasteiger partial charge in [0.15, 0.2) is 5.69 Å². The van der Waals surface area contributed by atoms with Crippen molar-refractivity contribution in [2.75, 3.05) is 0 Å². The average Bonchev–Trinajstić information content (AvgIpc) is 3.33. The van der Waals surface area contributed by atoms with Crippen LogP contribution in [0.3, 0.4) is 0 Å². The highest BCUT2D eigenvalue weighted by Gasteiger charge is 2.17. The van der Waals surface area contributed by atoms with Gasteiger partial charge in [0.25, 0.3) is 0 Å². The summed E-state index contributed by atoms with van der Waals surface area (Å²) in [6.07, 6.45) is 11.3. The molecular weight excluding hydrogens is 382 g/mol. The Morgan fingerprint density at radius 1 is 0.966 bits per heavy atom. The molecule has 6 heteroatoms. The molecule has 5 rings (SSSR count). The van der Waals surface area contributed by atoms with Gasteiger partial charge in [0.05, 0.1) is 40.8 Å². The van der Waals surface area contributed by atoms with Crippen LogP contribution in [0, 0.1) is 20.4 Å². The van der Waals surface area contributed by atoms with Gasteiger partial charge in [-0.15, -0.1) is 0 Å². The second-order valence-corrected chi connectivity index (χ2v) is 7.49. The molecule has 5 nitrogen and oxygen atoms in total. The third-order valence-corrected chi connectivity index (χ3v) is 5.76. The average molecular weight is 398 g/mol. The molecule has 0 spiro atoms. The zero-order valence-corrected chi connectivity index (χ0v) is 16.6. The van der Waals surface area contributed by atoms with E-state index in [-0.39, 0.29) is 0 Å². The third kappa shape index (κ3) is 2.69. The van der Waals surface area contributed by atoms with Crippen LogP contribution < -0.4 is 0 Å². The topological polar surface area (TPSA) is 39.5 Å². The van der Waals surface area contributed by atoms with Gasteiger partial charge in [-0.25, -0.2) is 9.83 Å². The van der Waals surface area contributed by atoms with Gasteiger partial charge < -0.3 is 8.97 Å². The van der Waals surface area contributed by atoms with E-state index in [0.29, 0.717) is 10.7 Å². The van der Waals surface area contributed by atoms with E-state index < -0.39 is 0 Å². The number of halogens is 1. The normalized spacial score (nSPS) is 11.2. The van der Waals surface area contributed by atoms with Crippen LogP contribution in [0.1, 0.15) is 11.1 Å². The van der Waals surface area contributed by atoms with Crippen molar-refractivity contribution in [1.29, 1.82) is 0 Å². The van der Waals surface area contributed by atoms with E-state index in [1.54, 1.807) is 18.7 Å². The van der Waals surface area contributed by atoms with E-state index in [0.717, 1.165) is 44.4 Å². The number of pyridine rings is 2. The largest absolute Gasteiger partial charge is 0.315 e. The standard InChI is InChI=1S/C23H16ClN5/c1-14-6-22-18(7-21(14)25-3)20(19-10-26-8-15(2)23(19)24)12-29(22)17-5-4-16-9-27-13-28(16)11-17/h4-13H,1-2H3. The first kappa shape index (κ1) is 17.5. The van der Waals surface area contributed by atoms with Gasteiger partial charge in [-0.1, -0.05) is 11.6 Å². The maximum atomic E-state index is 7.52. The summed E-state index contributed by atoms with van der Waals surface area (Å²) in [6, 6.07) is 8.10. The van der Waals surface area contributed by atoms with E-state index in [4.69, 9.17) is 18.2 Å². The minimum absolute atomic E-state index is 0.637. The number of aryl methyl sites for hydroxylation is 2. The van der Waals surface area contributed by atoms with Gasteiger partial charge >= 0.3 is 0 Å². The van der Waals surface area contributed by atoms with E-state index in [9.17, 15) is 0 Å². The molecule has 29 heavy (non-hydrogen) atoms. The highest BCUT2D eigenvalue weighted by molar-refractivity contribution is 6.34. The van der Waals surface area contributed by atoms with Crippen LogP contribution in [0.25, 0.3) is 38.1 Å². The predicted octanol–water partition coefficient (Wildman–Crippen LogP) is 6.16. The van der Waals surface area contributed by atoms with Gasteiger partial charge in [0.2, 0.25) is 0 Å². The molecule has 1 aromatic carbocycles. The van der Waals surface area contributed by atoms with Crippen LogP contribution in [-0.2, 0) is 0 Å². The minimum Gasteiger partial charge on any atom is -0.315 e. The molecule has 0 atom stereocenters. The van der Waals surface area contributed by atoms with Gasteiger partial charge in [-0.3, -0.25) is 4.98 Å². The molecule has 0 unspecified atom stereocenters. The van der Waals surface area contributed by atoms with Crippen molar-refractivity contribution in [3.63, 3.8) is 0 Å². The fourth-order valence-corrected chi connectivity index (χ4v) is 3.90. The Bertz CT molecular complexity index is 1450. The van der Waals surface area contributed by atoms with E-state index in [1.165, 1.54) is 0 Å². The maximum absolute atomic E-state index is 7.52. The van der Waals surface area contributed by atoms with Crippen LogP contribution in [0.4, 0.5) is 5.69 Å². The Morgan fingerprint density at radius 3 is 2.66 bits per heavy atom. The van der Waals surface area contributed by atoms with E-state index in [2.05, 4.69) is 37.7 Å². The second kappa shape index (κ2) is 6.47. The maximum Gasteiger partial charge on any atom is 0.190 e. The lowest BCUT2D eigenvalue weighted by atomic mass is 10.0. The molecule has 0 aliphatic rings. The Morgan fingerprint density at radius 2 is 1.83 bits per heavy atom.